The molecule has 0 saturated heterocycles. The molecule has 2 N–H and O–H groups in total. The Hall–Kier alpha value is -3.12. The van der Waals surface area contributed by atoms with Crippen LogP contribution in [0.5, 0.6) is 0 Å². The first kappa shape index (κ1) is 21.6. The van der Waals surface area contributed by atoms with Crippen molar-refractivity contribution in [3.05, 3.63) is 89.0 Å². The van der Waals surface area contributed by atoms with E-state index in [0.29, 0.717) is 0 Å². The maximum atomic E-state index is 13.1. The van der Waals surface area contributed by atoms with E-state index in [1.807, 2.05) is 39.0 Å². The minimum atomic E-state index is -3.81. The smallest absolute Gasteiger partial charge is 0.261 e. The van der Waals surface area contributed by atoms with Crippen LogP contribution in [0.2, 0.25) is 0 Å². The molecule has 0 unspecified atom stereocenters. The Labute approximate surface area is 178 Å². The monoisotopic (exact) mass is 422 g/mol. The number of carbonyl (C=O) groups excluding carboxylic acids is 1. The summed E-state index contributed by atoms with van der Waals surface area (Å²) in [4.78, 5) is 13.2. The van der Waals surface area contributed by atoms with Gasteiger partial charge in [-0.25, -0.2) is 8.42 Å². The van der Waals surface area contributed by atoms with Crippen molar-refractivity contribution in [1.82, 2.24) is 0 Å². The van der Waals surface area contributed by atoms with E-state index in [1.165, 1.54) is 0 Å². The van der Waals surface area contributed by atoms with Crippen LogP contribution >= 0.6 is 0 Å². The number of hydrogen-bond acceptors (Lipinski definition) is 3. The minimum absolute atomic E-state index is 0.146. The van der Waals surface area contributed by atoms with E-state index in [2.05, 4.69) is 10.0 Å². The van der Waals surface area contributed by atoms with Crippen LogP contribution in [-0.2, 0) is 22.9 Å². The zero-order chi connectivity index (χ0) is 21.7. The molecule has 1 amide bonds. The molecule has 5 nitrogen and oxygen atoms in total. The molecule has 3 aromatic carbocycles. The van der Waals surface area contributed by atoms with Gasteiger partial charge in [-0.15, -0.1) is 0 Å². The second-order valence-corrected chi connectivity index (χ2v) is 8.76. The Morgan fingerprint density at radius 2 is 1.43 bits per heavy atom. The second-order valence-electron chi connectivity index (χ2n) is 7.08. The van der Waals surface area contributed by atoms with Gasteiger partial charge in [-0.3, -0.25) is 9.52 Å². The summed E-state index contributed by atoms with van der Waals surface area (Å²) in [6, 6.07) is 19.1. The van der Waals surface area contributed by atoms with Gasteiger partial charge in [-0.2, -0.15) is 0 Å². The highest BCUT2D eigenvalue weighted by Crippen LogP contribution is 2.26. The molecular formula is C24H26N2O3S. The van der Waals surface area contributed by atoms with Gasteiger partial charge in [0.25, 0.3) is 15.9 Å². The minimum Gasteiger partial charge on any atom is -0.321 e. The molecule has 0 aromatic heterocycles. The number of amides is 1. The van der Waals surface area contributed by atoms with E-state index in [4.69, 9.17) is 0 Å². The largest absolute Gasteiger partial charge is 0.321 e. The third-order valence-corrected chi connectivity index (χ3v) is 6.37. The van der Waals surface area contributed by atoms with Crippen molar-refractivity contribution in [3.8, 4) is 0 Å². The Morgan fingerprint density at radius 1 is 0.833 bits per heavy atom. The number of carbonyl (C=O) groups is 1. The van der Waals surface area contributed by atoms with Crippen LogP contribution in [0, 0.1) is 6.92 Å². The summed E-state index contributed by atoms with van der Waals surface area (Å²) in [7, 11) is -3.81. The summed E-state index contributed by atoms with van der Waals surface area (Å²) in [5.41, 5.74) is 4.35. The Kier molecular flexibility index (Phi) is 6.57. The number of nitrogens with one attached hydrogen (secondary N) is 2. The Bertz CT molecular complexity index is 1130. The molecule has 0 spiro atoms. The number of para-hydroxylation sites is 2. The Morgan fingerprint density at radius 3 is 2.03 bits per heavy atom. The topological polar surface area (TPSA) is 75.3 Å². The van der Waals surface area contributed by atoms with Crippen molar-refractivity contribution in [2.45, 2.75) is 38.5 Å². The first-order chi connectivity index (χ1) is 14.4. The van der Waals surface area contributed by atoms with E-state index in [-0.39, 0.29) is 22.1 Å². The van der Waals surface area contributed by atoms with Crippen LogP contribution in [0.3, 0.4) is 0 Å². The Balaban J connectivity index is 1.92. The van der Waals surface area contributed by atoms with Crippen molar-refractivity contribution < 1.29 is 13.2 Å². The fourth-order valence-corrected chi connectivity index (χ4v) is 4.35. The summed E-state index contributed by atoms with van der Waals surface area (Å²) in [5, 5.41) is 3.00. The number of hydrogen-bond donors (Lipinski definition) is 2. The maximum absolute atomic E-state index is 13.1. The maximum Gasteiger partial charge on any atom is 0.261 e. The second kappa shape index (κ2) is 9.13. The number of benzene rings is 3. The number of sulfonamides is 1. The lowest BCUT2D eigenvalue weighted by atomic mass is 10.0. The SMILES string of the molecule is CCc1cccc(CC)c1NC(=O)c1ccccc1NS(=O)(=O)c1ccc(C)cc1. The van der Waals surface area contributed by atoms with E-state index >= 15 is 0 Å². The van der Waals surface area contributed by atoms with Gasteiger partial charge in [0.05, 0.1) is 16.1 Å². The van der Waals surface area contributed by atoms with Gasteiger partial charge in [0.15, 0.2) is 0 Å². The molecular weight excluding hydrogens is 396 g/mol. The molecule has 0 heterocycles. The summed E-state index contributed by atoms with van der Waals surface area (Å²) < 4.78 is 28.2. The van der Waals surface area contributed by atoms with E-state index in [9.17, 15) is 13.2 Å². The molecule has 0 radical (unpaired) electrons. The molecule has 0 atom stereocenters. The van der Waals surface area contributed by atoms with Crippen molar-refractivity contribution in [2.24, 2.45) is 0 Å². The standard InChI is InChI=1S/C24H26N2O3S/c1-4-18-9-8-10-19(5-2)23(18)25-24(27)21-11-6-7-12-22(21)26-30(28,29)20-15-13-17(3)14-16-20/h6-16,26H,4-5H2,1-3H3,(H,25,27). The first-order valence-corrected chi connectivity index (χ1v) is 11.4. The van der Waals surface area contributed by atoms with E-state index < -0.39 is 10.0 Å². The number of anilines is 2. The molecule has 3 rings (SSSR count). The molecule has 0 aliphatic rings. The lowest BCUT2D eigenvalue weighted by Crippen LogP contribution is -2.19. The average molecular weight is 423 g/mol. The summed E-state index contributed by atoms with van der Waals surface area (Å²) in [6.07, 6.45) is 1.57. The zero-order valence-electron chi connectivity index (χ0n) is 17.4. The zero-order valence-corrected chi connectivity index (χ0v) is 18.2. The van der Waals surface area contributed by atoms with Crippen LogP contribution in [-0.4, -0.2) is 14.3 Å². The molecule has 0 fully saturated rings. The van der Waals surface area contributed by atoms with Crippen LogP contribution < -0.4 is 10.0 Å². The quantitative estimate of drug-likeness (QED) is 0.551. The summed E-state index contributed by atoms with van der Waals surface area (Å²) in [5.74, 6) is -0.354. The molecule has 6 heteroatoms. The van der Waals surface area contributed by atoms with Crippen LogP contribution in [0.25, 0.3) is 0 Å². The van der Waals surface area contributed by atoms with Gasteiger partial charge in [-0.1, -0.05) is 61.9 Å². The number of aryl methyl sites for hydroxylation is 3. The highest BCUT2D eigenvalue weighted by molar-refractivity contribution is 7.92. The van der Waals surface area contributed by atoms with Gasteiger partial charge in [0, 0.05) is 5.69 Å². The molecule has 3 aromatic rings. The van der Waals surface area contributed by atoms with Gasteiger partial charge in [-0.05, 0) is 55.2 Å². The fraction of sp³-hybridized carbons (Fsp3) is 0.208. The first-order valence-electron chi connectivity index (χ1n) is 9.96. The number of rotatable bonds is 7. The van der Waals surface area contributed by atoms with Crippen molar-refractivity contribution in [1.29, 1.82) is 0 Å². The predicted octanol–water partition coefficient (Wildman–Crippen LogP) is 5.17. The average Bonchev–Trinajstić information content (AvgIpc) is 2.74. The van der Waals surface area contributed by atoms with Gasteiger partial charge in [0.2, 0.25) is 0 Å². The molecule has 156 valence electrons. The highest BCUT2D eigenvalue weighted by atomic mass is 32.2. The third kappa shape index (κ3) is 4.71. The van der Waals surface area contributed by atoms with Crippen molar-refractivity contribution >= 4 is 27.3 Å². The molecule has 0 saturated carbocycles. The molecule has 0 aliphatic heterocycles. The summed E-state index contributed by atoms with van der Waals surface area (Å²) >= 11 is 0. The van der Waals surface area contributed by atoms with Crippen LogP contribution in [0.4, 0.5) is 11.4 Å². The van der Waals surface area contributed by atoms with E-state index in [1.54, 1.807) is 48.5 Å². The third-order valence-electron chi connectivity index (χ3n) is 4.98. The van der Waals surface area contributed by atoms with Crippen molar-refractivity contribution in [2.75, 3.05) is 10.0 Å². The van der Waals surface area contributed by atoms with Crippen LogP contribution in [0.1, 0.15) is 40.9 Å². The van der Waals surface area contributed by atoms with Gasteiger partial charge < -0.3 is 5.32 Å². The molecule has 30 heavy (non-hydrogen) atoms. The predicted molar refractivity (Wildman–Crippen MR) is 122 cm³/mol. The fourth-order valence-electron chi connectivity index (χ4n) is 3.28. The lowest BCUT2D eigenvalue weighted by Gasteiger charge is -2.16. The normalized spacial score (nSPS) is 11.2. The highest BCUT2D eigenvalue weighted by Gasteiger charge is 2.19. The summed E-state index contributed by atoms with van der Waals surface area (Å²) in [6.45, 7) is 5.96. The molecule has 0 aliphatic carbocycles. The van der Waals surface area contributed by atoms with Gasteiger partial charge >= 0.3 is 0 Å². The lowest BCUT2D eigenvalue weighted by molar-refractivity contribution is 0.102. The molecule has 0 bridgehead atoms. The van der Waals surface area contributed by atoms with Gasteiger partial charge in [0.1, 0.15) is 0 Å². The van der Waals surface area contributed by atoms with E-state index in [0.717, 1.165) is 35.2 Å². The van der Waals surface area contributed by atoms with Crippen LogP contribution in [0.15, 0.2) is 71.6 Å². The van der Waals surface area contributed by atoms with Crippen molar-refractivity contribution in [3.63, 3.8) is 0 Å².